The van der Waals surface area contributed by atoms with E-state index < -0.39 is 0 Å². The van der Waals surface area contributed by atoms with Gasteiger partial charge in [-0.05, 0) is 36.9 Å². The fraction of sp³-hybridized carbons (Fsp3) is 0.333. The third-order valence-corrected chi connectivity index (χ3v) is 3.91. The SMILES string of the molecule is CN=C(Cl)N=C(C)c1cn2c3c(cccc13)CCC2. The van der Waals surface area contributed by atoms with Gasteiger partial charge in [0.05, 0.1) is 11.2 Å². The lowest BCUT2D eigenvalue weighted by molar-refractivity contribution is 0.636. The van der Waals surface area contributed by atoms with Crippen LogP contribution in [0.5, 0.6) is 0 Å². The van der Waals surface area contributed by atoms with Gasteiger partial charge in [-0.25, -0.2) is 4.99 Å². The molecule has 0 N–H and O–H groups in total. The molecule has 3 nitrogen and oxygen atoms in total. The van der Waals surface area contributed by atoms with Crippen molar-refractivity contribution in [1.29, 1.82) is 0 Å². The monoisotopic (exact) mass is 273 g/mol. The quantitative estimate of drug-likeness (QED) is 0.432. The minimum Gasteiger partial charge on any atom is -0.347 e. The number of para-hydroxylation sites is 1. The van der Waals surface area contributed by atoms with Crippen LogP contribution in [-0.2, 0) is 13.0 Å². The Morgan fingerprint density at radius 1 is 1.37 bits per heavy atom. The smallest absolute Gasteiger partial charge is 0.217 e. The summed E-state index contributed by atoms with van der Waals surface area (Å²) in [5.74, 6) is 0. The van der Waals surface area contributed by atoms with Crippen LogP contribution in [0.15, 0.2) is 34.4 Å². The molecule has 0 amide bonds. The molecule has 2 heterocycles. The number of nitrogens with zero attached hydrogens (tertiary/aromatic N) is 3. The highest BCUT2D eigenvalue weighted by Crippen LogP contribution is 2.29. The van der Waals surface area contributed by atoms with Crippen LogP contribution in [0.2, 0.25) is 0 Å². The molecule has 0 aliphatic carbocycles. The fourth-order valence-corrected chi connectivity index (χ4v) is 2.92. The Hall–Kier alpha value is -1.61. The van der Waals surface area contributed by atoms with Gasteiger partial charge in [0.15, 0.2) is 0 Å². The first kappa shape index (κ1) is 12.4. The standard InChI is InChI=1S/C15H16ClN3/c1-10(18-15(16)17-2)13-9-19-8-4-6-11-5-3-7-12(13)14(11)19/h3,5,7,9H,4,6,8H2,1-2H3. The third-order valence-electron chi connectivity index (χ3n) is 3.66. The average molecular weight is 274 g/mol. The van der Waals surface area contributed by atoms with Gasteiger partial charge in [0, 0.05) is 30.7 Å². The number of benzene rings is 1. The minimum atomic E-state index is 0.296. The summed E-state index contributed by atoms with van der Waals surface area (Å²) < 4.78 is 2.33. The third kappa shape index (κ3) is 2.08. The molecule has 0 atom stereocenters. The normalized spacial score (nSPS) is 16.2. The van der Waals surface area contributed by atoms with E-state index in [1.54, 1.807) is 7.05 Å². The number of hydrogen-bond acceptors (Lipinski definition) is 1. The van der Waals surface area contributed by atoms with Gasteiger partial charge in [-0.15, -0.1) is 0 Å². The summed E-state index contributed by atoms with van der Waals surface area (Å²) in [6.45, 7) is 3.06. The Labute approximate surface area is 117 Å². The first-order chi connectivity index (χ1) is 9.20. The fourth-order valence-electron chi connectivity index (χ4n) is 2.79. The maximum atomic E-state index is 5.90. The van der Waals surface area contributed by atoms with Gasteiger partial charge >= 0.3 is 0 Å². The molecule has 0 radical (unpaired) electrons. The second kappa shape index (κ2) is 4.82. The van der Waals surface area contributed by atoms with Gasteiger partial charge in [0.1, 0.15) is 0 Å². The average Bonchev–Trinajstić information content (AvgIpc) is 2.80. The van der Waals surface area contributed by atoms with Crippen molar-refractivity contribution < 1.29 is 0 Å². The largest absolute Gasteiger partial charge is 0.347 e. The van der Waals surface area contributed by atoms with E-state index >= 15 is 0 Å². The van der Waals surface area contributed by atoms with Crippen LogP contribution in [0.25, 0.3) is 10.9 Å². The Kier molecular flexibility index (Phi) is 3.15. The van der Waals surface area contributed by atoms with Crippen molar-refractivity contribution in [2.45, 2.75) is 26.3 Å². The van der Waals surface area contributed by atoms with Crippen LogP contribution in [-0.4, -0.2) is 22.6 Å². The van der Waals surface area contributed by atoms with Crippen LogP contribution < -0.4 is 0 Å². The van der Waals surface area contributed by atoms with E-state index in [9.17, 15) is 0 Å². The molecule has 1 aliphatic rings. The van der Waals surface area contributed by atoms with E-state index in [2.05, 4.69) is 38.9 Å². The maximum Gasteiger partial charge on any atom is 0.217 e. The summed E-state index contributed by atoms with van der Waals surface area (Å²) >= 11 is 5.90. The number of aliphatic imine (C=N–C) groups is 2. The molecule has 19 heavy (non-hydrogen) atoms. The lowest BCUT2D eigenvalue weighted by atomic mass is 10.0. The molecular weight excluding hydrogens is 258 g/mol. The van der Waals surface area contributed by atoms with Gasteiger partial charge in [-0.1, -0.05) is 18.2 Å². The summed E-state index contributed by atoms with van der Waals surface area (Å²) in [6, 6.07) is 6.50. The van der Waals surface area contributed by atoms with Gasteiger partial charge in [-0.2, -0.15) is 0 Å². The molecule has 4 heteroatoms. The molecule has 0 saturated heterocycles. The maximum absolute atomic E-state index is 5.90. The molecule has 98 valence electrons. The first-order valence-corrected chi connectivity index (χ1v) is 6.87. The summed E-state index contributed by atoms with van der Waals surface area (Å²) in [6.07, 6.45) is 4.55. The second-order valence-corrected chi connectivity index (χ2v) is 5.18. The number of amidine groups is 1. The minimum absolute atomic E-state index is 0.296. The highest BCUT2D eigenvalue weighted by Gasteiger charge is 2.16. The van der Waals surface area contributed by atoms with Crippen LogP contribution in [0.3, 0.4) is 0 Å². The molecule has 3 rings (SSSR count). The van der Waals surface area contributed by atoms with Crippen molar-refractivity contribution in [2.75, 3.05) is 7.05 Å². The van der Waals surface area contributed by atoms with Crippen molar-refractivity contribution in [1.82, 2.24) is 4.57 Å². The highest BCUT2D eigenvalue weighted by molar-refractivity contribution is 6.65. The zero-order chi connectivity index (χ0) is 13.4. The first-order valence-electron chi connectivity index (χ1n) is 6.49. The van der Waals surface area contributed by atoms with Crippen molar-refractivity contribution in [3.05, 3.63) is 35.5 Å². The van der Waals surface area contributed by atoms with E-state index in [4.69, 9.17) is 11.6 Å². The van der Waals surface area contributed by atoms with E-state index in [0.29, 0.717) is 5.29 Å². The lowest BCUT2D eigenvalue weighted by Gasteiger charge is -2.14. The molecule has 0 unspecified atom stereocenters. The second-order valence-electron chi connectivity index (χ2n) is 4.84. The summed E-state index contributed by atoms with van der Waals surface area (Å²) in [4.78, 5) is 8.21. The van der Waals surface area contributed by atoms with Gasteiger partial charge in [0.2, 0.25) is 5.29 Å². The van der Waals surface area contributed by atoms with Gasteiger partial charge < -0.3 is 4.57 Å². The molecule has 0 fully saturated rings. The predicted octanol–water partition coefficient (Wildman–Crippen LogP) is 3.62. The number of halogens is 1. The molecule has 0 bridgehead atoms. The summed E-state index contributed by atoms with van der Waals surface area (Å²) in [5, 5.41) is 1.56. The Morgan fingerprint density at radius 2 is 2.21 bits per heavy atom. The number of aromatic nitrogens is 1. The van der Waals surface area contributed by atoms with E-state index in [0.717, 1.165) is 24.2 Å². The molecule has 1 aromatic heterocycles. The van der Waals surface area contributed by atoms with E-state index in [1.807, 2.05) is 6.92 Å². The number of hydrogen-bond donors (Lipinski definition) is 0. The van der Waals surface area contributed by atoms with Crippen LogP contribution >= 0.6 is 11.6 Å². The topological polar surface area (TPSA) is 29.6 Å². The molecule has 2 aromatic rings. The molecule has 1 aromatic carbocycles. The Bertz CT molecular complexity index is 695. The Morgan fingerprint density at radius 3 is 3.00 bits per heavy atom. The highest BCUT2D eigenvalue weighted by atomic mass is 35.5. The van der Waals surface area contributed by atoms with E-state index in [1.165, 1.54) is 22.9 Å². The molecular formula is C15H16ClN3. The summed E-state index contributed by atoms with van der Waals surface area (Å²) in [5.41, 5.74) is 4.85. The summed E-state index contributed by atoms with van der Waals surface area (Å²) in [7, 11) is 1.65. The molecule has 0 spiro atoms. The number of rotatable bonds is 1. The molecule has 1 aliphatic heterocycles. The van der Waals surface area contributed by atoms with Gasteiger partial charge in [-0.3, -0.25) is 4.99 Å². The number of aryl methyl sites for hydroxylation is 2. The van der Waals surface area contributed by atoms with E-state index in [-0.39, 0.29) is 0 Å². The zero-order valence-electron chi connectivity index (χ0n) is 11.2. The van der Waals surface area contributed by atoms with Crippen LogP contribution in [0, 0.1) is 0 Å². The van der Waals surface area contributed by atoms with Gasteiger partial charge in [0.25, 0.3) is 0 Å². The van der Waals surface area contributed by atoms with Crippen LogP contribution in [0.4, 0.5) is 0 Å². The zero-order valence-corrected chi connectivity index (χ0v) is 11.9. The van der Waals surface area contributed by atoms with Crippen molar-refractivity contribution in [2.24, 2.45) is 9.98 Å². The predicted molar refractivity (Wildman–Crippen MR) is 81.7 cm³/mol. The van der Waals surface area contributed by atoms with Crippen molar-refractivity contribution in [3.63, 3.8) is 0 Å². The van der Waals surface area contributed by atoms with Crippen molar-refractivity contribution in [3.8, 4) is 0 Å². The van der Waals surface area contributed by atoms with Crippen molar-refractivity contribution >= 4 is 33.5 Å². The van der Waals surface area contributed by atoms with Crippen LogP contribution in [0.1, 0.15) is 24.5 Å². The lowest BCUT2D eigenvalue weighted by Crippen LogP contribution is -2.05. The Balaban J connectivity index is 2.22. The molecule has 0 saturated carbocycles.